The van der Waals surface area contributed by atoms with Crippen molar-refractivity contribution in [1.29, 1.82) is 0 Å². The number of nitrogens with one attached hydrogen (secondary N) is 2. The normalized spacial score (nSPS) is 13.4. The Morgan fingerprint density at radius 3 is 2.55 bits per heavy atom. The molecule has 208 valence electrons. The number of hydrogen-bond acceptors (Lipinski definition) is 5. The second kappa shape index (κ2) is 13.7. The molecule has 0 unspecified atom stereocenters. The third-order valence-corrected chi connectivity index (χ3v) is 7.40. The summed E-state index contributed by atoms with van der Waals surface area (Å²) < 4.78 is 13.5. The molecule has 8 nitrogen and oxygen atoms in total. The molecule has 3 aromatic carbocycles. The van der Waals surface area contributed by atoms with Crippen molar-refractivity contribution in [2.45, 2.75) is 43.9 Å². The van der Waals surface area contributed by atoms with Crippen LogP contribution in [0, 0.1) is 5.82 Å². The second-order valence-corrected chi connectivity index (χ2v) is 10.5. The van der Waals surface area contributed by atoms with Crippen LogP contribution in [0.2, 0.25) is 0 Å². The predicted octanol–water partition coefficient (Wildman–Crippen LogP) is 6.31. The molecule has 1 aliphatic rings. The van der Waals surface area contributed by atoms with Gasteiger partial charge in [0, 0.05) is 28.4 Å². The number of halogens is 1. The first kappa shape index (κ1) is 28.8. The molecule has 0 spiro atoms. The van der Waals surface area contributed by atoms with Crippen LogP contribution in [-0.2, 0) is 11.2 Å². The molecule has 0 saturated carbocycles. The summed E-state index contributed by atoms with van der Waals surface area (Å²) in [6.07, 6.45) is 4.79. The van der Waals surface area contributed by atoms with Crippen molar-refractivity contribution >= 4 is 46.8 Å². The zero-order valence-electron chi connectivity index (χ0n) is 22.2. The molecule has 40 heavy (non-hydrogen) atoms. The van der Waals surface area contributed by atoms with E-state index in [9.17, 15) is 18.8 Å². The van der Waals surface area contributed by atoms with Gasteiger partial charge in [0.2, 0.25) is 0 Å². The van der Waals surface area contributed by atoms with Crippen molar-refractivity contribution in [3.05, 3.63) is 89.2 Å². The van der Waals surface area contributed by atoms with E-state index in [1.807, 2.05) is 30.3 Å². The Morgan fingerprint density at radius 2 is 1.82 bits per heavy atom. The van der Waals surface area contributed by atoms with E-state index in [-0.39, 0.29) is 22.9 Å². The zero-order chi connectivity index (χ0) is 28.5. The number of carboxylic acids is 1. The van der Waals surface area contributed by atoms with Gasteiger partial charge in [0.1, 0.15) is 5.82 Å². The van der Waals surface area contributed by atoms with Gasteiger partial charge in [-0.3, -0.25) is 4.79 Å². The summed E-state index contributed by atoms with van der Waals surface area (Å²) in [5, 5.41) is 15.7. The minimum absolute atomic E-state index is 0.145. The smallest absolute Gasteiger partial charge is 0.339 e. The monoisotopic (exact) mass is 562 g/mol. The number of carbonyl (C=O) groups excluding carboxylic acids is 2. The van der Waals surface area contributed by atoms with E-state index in [1.54, 1.807) is 34.9 Å². The first-order valence-electron chi connectivity index (χ1n) is 13.2. The number of unbranched alkanes of at least 4 members (excludes halogenated alkanes) is 3. The molecule has 0 fully saturated rings. The zero-order valence-corrected chi connectivity index (χ0v) is 23.0. The maximum atomic E-state index is 13.5. The van der Waals surface area contributed by atoms with E-state index in [2.05, 4.69) is 22.8 Å². The third-order valence-electron chi connectivity index (χ3n) is 6.41. The number of fused-ring (bicyclic) bond motifs is 1. The van der Waals surface area contributed by atoms with Crippen molar-refractivity contribution in [3.8, 4) is 0 Å². The van der Waals surface area contributed by atoms with Gasteiger partial charge in [-0.1, -0.05) is 44.4 Å². The summed E-state index contributed by atoms with van der Waals surface area (Å²) in [7, 11) is 0. The number of thioether (sulfide) groups is 1. The number of urea groups is 1. The summed E-state index contributed by atoms with van der Waals surface area (Å²) in [6.45, 7) is 2.69. The highest BCUT2D eigenvalue weighted by Gasteiger charge is 2.34. The Morgan fingerprint density at radius 1 is 1.02 bits per heavy atom. The molecule has 0 aliphatic carbocycles. The lowest BCUT2D eigenvalue weighted by Gasteiger charge is -2.16. The van der Waals surface area contributed by atoms with Gasteiger partial charge in [0.15, 0.2) is 5.71 Å². The van der Waals surface area contributed by atoms with Crippen LogP contribution in [0.4, 0.5) is 20.6 Å². The lowest BCUT2D eigenvalue weighted by Crippen LogP contribution is -2.33. The van der Waals surface area contributed by atoms with E-state index < -0.39 is 17.8 Å². The summed E-state index contributed by atoms with van der Waals surface area (Å²) in [5.74, 6) is -0.963. The summed E-state index contributed by atoms with van der Waals surface area (Å²) in [5.41, 5.74) is 5.47. The molecule has 10 heteroatoms. The number of carbonyl (C=O) groups is 3. The molecule has 3 amide bonds. The van der Waals surface area contributed by atoms with Gasteiger partial charge >= 0.3 is 12.0 Å². The molecular weight excluding hydrogens is 531 g/mol. The minimum atomic E-state index is -0.952. The first-order chi connectivity index (χ1) is 19.4. The topological polar surface area (TPSA) is 111 Å². The van der Waals surface area contributed by atoms with Gasteiger partial charge in [-0.25, -0.2) is 19.4 Å². The first-order valence-corrected chi connectivity index (χ1v) is 14.2. The number of carboxylic acid groups (broad SMARTS) is 1. The van der Waals surface area contributed by atoms with Crippen LogP contribution < -0.4 is 15.6 Å². The highest BCUT2D eigenvalue weighted by molar-refractivity contribution is 7.99. The summed E-state index contributed by atoms with van der Waals surface area (Å²) >= 11 is 1.61. The van der Waals surface area contributed by atoms with Gasteiger partial charge in [-0.05, 0) is 66.9 Å². The van der Waals surface area contributed by atoms with Crippen molar-refractivity contribution in [3.63, 3.8) is 0 Å². The fraction of sp³-hybridized carbons (Fsp3) is 0.267. The number of hydrogen-bond donors (Lipinski definition) is 3. The van der Waals surface area contributed by atoms with Crippen LogP contribution in [-0.4, -0.2) is 41.0 Å². The number of nitrogens with zero attached hydrogens (tertiary/aromatic N) is 2. The van der Waals surface area contributed by atoms with Crippen molar-refractivity contribution < 1.29 is 23.9 Å². The van der Waals surface area contributed by atoms with Crippen LogP contribution >= 0.6 is 11.8 Å². The second-order valence-electron chi connectivity index (χ2n) is 9.33. The molecule has 0 saturated heterocycles. The fourth-order valence-electron chi connectivity index (χ4n) is 4.34. The quantitative estimate of drug-likeness (QED) is 0.136. The SMILES string of the molecule is CCCCCCN1C(=O)/C(=N/NC(=O)Nc2cccc(F)c2)c2cc(SCCc3ccc(C(=O)O)cc3)ccc21. The van der Waals surface area contributed by atoms with Gasteiger partial charge in [0.05, 0.1) is 11.3 Å². The number of anilines is 2. The van der Waals surface area contributed by atoms with E-state index >= 15 is 0 Å². The number of hydrazone groups is 1. The number of benzene rings is 3. The molecular formula is C30H31FN4O4S. The molecule has 0 bridgehead atoms. The van der Waals surface area contributed by atoms with E-state index in [0.717, 1.165) is 54.0 Å². The highest BCUT2D eigenvalue weighted by Crippen LogP contribution is 2.33. The van der Waals surface area contributed by atoms with Crippen molar-refractivity contribution in [1.82, 2.24) is 5.43 Å². The lowest BCUT2D eigenvalue weighted by molar-refractivity contribution is -0.112. The largest absolute Gasteiger partial charge is 0.478 e. The average molecular weight is 563 g/mol. The van der Waals surface area contributed by atoms with Gasteiger partial charge in [-0.2, -0.15) is 5.10 Å². The van der Waals surface area contributed by atoms with Gasteiger partial charge in [0.25, 0.3) is 5.91 Å². The van der Waals surface area contributed by atoms with Crippen LogP contribution in [0.1, 0.15) is 54.1 Å². The minimum Gasteiger partial charge on any atom is -0.478 e. The molecule has 0 radical (unpaired) electrons. The maximum absolute atomic E-state index is 13.5. The average Bonchev–Trinajstić information content (AvgIpc) is 3.19. The van der Waals surface area contributed by atoms with E-state index in [0.29, 0.717) is 12.1 Å². The molecule has 0 aromatic heterocycles. The molecule has 3 N–H and O–H groups in total. The Hall–Kier alpha value is -4.18. The molecule has 4 rings (SSSR count). The fourth-order valence-corrected chi connectivity index (χ4v) is 5.28. The number of aryl methyl sites for hydroxylation is 1. The Labute approximate surface area is 236 Å². The third kappa shape index (κ3) is 7.47. The number of amides is 3. The molecule has 1 aliphatic heterocycles. The number of aromatic carboxylic acids is 1. The Bertz CT molecular complexity index is 1410. The van der Waals surface area contributed by atoms with Crippen molar-refractivity contribution in [2.24, 2.45) is 5.10 Å². The predicted molar refractivity (Wildman–Crippen MR) is 156 cm³/mol. The molecule has 1 heterocycles. The standard InChI is InChI=1S/C30H31FN4O4S/c1-2-3-4-5-16-35-26-14-13-24(40-17-15-20-9-11-21(12-10-20)29(37)38)19-25(26)27(28(35)36)33-34-30(39)32-23-8-6-7-22(31)18-23/h6-14,18-19H,2-5,15-17H2,1H3,(H,37,38)(H2,32,34,39)/b33-27+. The van der Waals surface area contributed by atoms with Crippen LogP contribution in [0.5, 0.6) is 0 Å². The summed E-state index contributed by atoms with van der Waals surface area (Å²) in [4.78, 5) is 39.5. The van der Waals surface area contributed by atoms with E-state index in [4.69, 9.17) is 5.11 Å². The Kier molecular flexibility index (Phi) is 9.91. The van der Waals surface area contributed by atoms with Crippen LogP contribution in [0.25, 0.3) is 0 Å². The summed E-state index contributed by atoms with van der Waals surface area (Å²) in [6, 6.07) is 17.4. The van der Waals surface area contributed by atoms with Gasteiger partial charge in [-0.15, -0.1) is 11.8 Å². The lowest BCUT2D eigenvalue weighted by atomic mass is 10.1. The van der Waals surface area contributed by atoms with Gasteiger partial charge < -0.3 is 15.3 Å². The number of rotatable bonds is 12. The maximum Gasteiger partial charge on any atom is 0.339 e. The van der Waals surface area contributed by atoms with Crippen LogP contribution in [0.15, 0.2) is 76.7 Å². The van der Waals surface area contributed by atoms with Crippen LogP contribution in [0.3, 0.4) is 0 Å². The highest BCUT2D eigenvalue weighted by atomic mass is 32.2. The molecule has 3 aromatic rings. The Balaban J connectivity index is 1.47. The molecule has 0 atom stereocenters. The van der Waals surface area contributed by atoms with Crippen molar-refractivity contribution in [2.75, 3.05) is 22.5 Å². The van der Waals surface area contributed by atoms with E-state index in [1.165, 1.54) is 18.2 Å².